The molecule has 0 atom stereocenters. The van der Waals surface area contributed by atoms with Crippen molar-refractivity contribution in [1.29, 1.82) is 0 Å². The van der Waals surface area contributed by atoms with E-state index in [2.05, 4.69) is 185 Å². The second-order valence-corrected chi connectivity index (χ2v) is 13.3. The lowest BCUT2D eigenvalue weighted by Crippen LogP contribution is -2.10. The van der Waals surface area contributed by atoms with Crippen molar-refractivity contribution in [3.8, 4) is 0 Å². The number of nitrogens with zero attached hydrogens (tertiary/aromatic N) is 2. The Bertz CT molecular complexity index is 1980. The minimum Gasteiger partial charge on any atom is -0.456 e. The molecule has 0 amide bonds. The smallest absolute Gasteiger partial charge is 0.137 e. The molecule has 0 saturated heterocycles. The second-order valence-electron chi connectivity index (χ2n) is 13.3. The van der Waals surface area contributed by atoms with E-state index in [0.717, 1.165) is 56.1 Å². The van der Waals surface area contributed by atoms with Gasteiger partial charge in [-0.1, -0.05) is 87.4 Å². The Labute approximate surface area is 278 Å². The number of rotatable bonds is 8. The largest absolute Gasteiger partial charge is 0.456 e. The summed E-state index contributed by atoms with van der Waals surface area (Å²) in [5.41, 5.74) is 13.5. The maximum absolute atomic E-state index is 6.66. The van der Waals surface area contributed by atoms with Crippen molar-refractivity contribution in [2.75, 3.05) is 9.80 Å². The van der Waals surface area contributed by atoms with Crippen LogP contribution in [0.15, 0.2) is 138 Å². The van der Waals surface area contributed by atoms with E-state index in [1.807, 2.05) is 0 Å². The van der Waals surface area contributed by atoms with E-state index in [1.165, 1.54) is 22.3 Å². The van der Waals surface area contributed by atoms with Gasteiger partial charge in [-0.25, -0.2) is 0 Å². The monoisotopic (exact) mass is 614 g/mol. The maximum Gasteiger partial charge on any atom is 0.137 e. The van der Waals surface area contributed by atoms with E-state index in [9.17, 15) is 0 Å². The summed E-state index contributed by atoms with van der Waals surface area (Å²) in [5, 5.41) is 2.22. The lowest BCUT2D eigenvalue weighted by Gasteiger charge is -2.26. The van der Waals surface area contributed by atoms with Crippen molar-refractivity contribution in [1.82, 2.24) is 0 Å². The molecular formula is C44H42N2O. The molecule has 0 aliphatic heterocycles. The first-order chi connectivity index (χ1) is 22.7. The molecule has 1 aromatic heterocycles. The molecule has 7 aromatic rings. The van der Waals surface area contributed by atoms with Gasteiger partial charge < -0.3 is 14.2 Å². The average Bonchev–Trinajstić information content (AvgIpc) is 3.44. The summed E-state index contributed by atoms with van der Waals surface area (Å²) < 4.78 is 6.66. The minimum absolute atomic E-state index is 0.481. The number of hydrogen-bond donors (Lipinski definition) is 0. The van der Waals surface area contributed by atoms with Crippen LogP contribution in [0.2, 0.25) is 0 Å². The molecule has 0 bridgehead atoms. The van der Waals surface area contributed by atoms with Crippen LogP contribution in [0.25, 0.3) is 21.9 Å². The number of hydrogen-bond acceptors (Lipinski definition) is 3. The molecule has 3 nitrogen and oxygen atoms in total. The van der Waals surface area contributed by atoms with Crippen LogP contribution < -0.4 is 9.80 Å². The van der Waals surface area contributed by atoms with Crippen LogP contribution in [0, 0.1) is 13.8 Å². The van der Waals surface area contributed by atoms with Crippen molar-refractivity contribution in [2.24, 2.45) is 0 Å². The van der Waals surface area contributed by atoms with Crippen LogP contribution in [-0.4, -0.2) is 0 Å². The van der Waals surface area contributed by atoms with E-state index in [0.29, 0.717) is 11.8 Å². The first-order valence-electron chi connectivity index (χ1n) is 16.6. The van der Waals surface area contributed by atoms with Gasteiger partial charge in [0.2, 0.25) is 0 Å². The zero-order valence-electron chi connectivity index (χ0n) is 28.2. The molecule has 234 valence electrons. The fourth-order valence-corrected chi connectivity index (χ4v) is 6.33. The highest BCUT2D eigenvalue weighted by molar-refractivity contribution is 6.07. The van der Waals surface area contributed by atoms with E-state index >= 15 is 0 Å². The Kier molecular flexibility index (Phi) is 8.07. The van der Waals surface area contributed by atoms with Gasteiger partial charge in [0.15, 0.2) is 0 Å². The van der Waals surface area contributed by atoms with Crippen molar-refractivity contribution < 1.29 is 4.42 Å². The number of aryl methyl sites for hydroxylation is 2. The fourth-order valence-electron chi connectivity index (χ4n) is 6.33. The number of fused-ring (bicyclic) bond motifs is 3. The van der Waals surface area contributed by atoms with E-state index < -0.39 is 0 Å². The highest BCUT2D eigenvalue weighted by Gasteiger charge is 2.18. The SMILES string of the molecule is Cc1ccc(N(c2ccc(C(C)C)cc2)c2ccc3c(c2)oc2cc(N(c4ccc(C)cc4)c4ccc(C(C)C)cc4)ccc23)cc1. The molecule has 47 heavy (non-hydrogen) atoms. The summed E-state index contributed by atoms with van der Waals surface area (Å²) in [6, 6.07) is 48.4. The van der Waals surface area contributed by atoms with E-state index in [-0.39, 0.29) is 0 Å². The lowest BCUT2D eigenvalue weighted by molar-refractivity contribution is 0.669. The highest BCUT2D eigenvalue weighted by Crippen LogP contribution is 2.41. The van der Waals surface area contributed by atoms with Crippen LogP contribution in [0.4, 0.5) is 34.1 Å². The maximum atomic E-state index is 6.66. The van der Waals surface area contributed by atoms with Crippen LogP contribution in [-0.2, 0) is 0 Å². The van der Waals surface area contributed by atoms with Gasteiger partial charge in [-0.3, -0.25) is 0 Å². The number of furan rings is 1. The molecule has 0 fully saturated rings. The minimum atomic E-state index is 0.481. The first kappa shape index (κ1) is 30.4. The topological polar surface area (TPSA) is 19.6 Å². The van der Waals surface area contributed by atoms with Gasteiger partial charge in [-0.2, -0.15) is 0 Å². The van der Waals surface area contributed by atoms with Gasteiger partial charge in [0.05, 0.1) is 0 Å². The van der Waals surface area contributed by atoms with Crippen LogP contribution in [0.5, 0.6) is 0 Å². The third-order valence-corrected chi connectivity index (χ3v) is 9.18. The molecule has 0 radical (unpaired) electrons. The summed E-state index contributed by atoms with van der Waals surface area (Å²) in [7, 11) is 0. The Morgan fingerprint density at radius 3 is 1.00 bits per heavy atom. The molecule has 0 N–H and O–H groups in total. The number of anilines is 6. The molecule has 1 heterocycles. The van der Waals surface area contributed by atoms with Gasteiger partial charge in [-0.15, -0.1) is 0 Å². The molecule has 0 aliphatic rings. The lowest BCUT2D eigenvalue weighted by atomic mass is 10.0. The first-order valence-corrected chi connectivity index (χ1v) is 16.6. The summed E-state index contributed by atoms with van der Waals surface area (Å²) in [6.45, 7) is 13.2. The highest BCUT2D eigenvalue weighted by atomic mass is 16.3. The Hall–Kier alpha value is -5.28. The molecule has 6 aromatic carbocycles. The summed E-state index contributed by atoms with van der Waals surface area (Å²) in [5.74, 6) is 0.963. The van der Waals surface area contributed by atoms with Gasteiger partial charge in [0.25, 0.3) is 0 Å². The predicted octanol–water partition coefficient (Wildman–Crippen LogP) is 13.4. The quantitative estimate of drug-likeness (QED) is 0.170. The van der Waals surface area contributed by atoms with Crippen LogP contribution in [0.1, 0.15) is 61.8 Å². The Balaban J connectivity index is 1.32. The van der Waals surface area contributed by atoms with Gasteiger partial charge in [-0.05, 0) is 110 Å². The van der Waals surface area contributed by atoms with Crippen LogP contribution >= 0.6 is 0 Å². The Morgan fingerprint density at radius 1 is 0.383 bits per heavy atom. The summed E-state index contributed by atoms with van der Waals surface area (Å²) in [4.78, 5) is 4.61. The van der Waals surface area contributed by atoms with Crippen molar-refractivity contribution in [2.45, 2.75) is 53.4 Å². The summed E-state index contributed by atoms with van der Waals surface area (Å²) >= 11 is 0. The zero-order chi connectivity index (χ0) is 32.7. The molecule has 0 spiro atoms. The average molecular weight is 615 g/mol. The molecule has 0 saturated carbocycles. The molecule has 7 rings (SSSR count). The third-order valence-electron chi connectivity index (χ3n) is 9.18. The van der Waals surface area contributed by atoms with Crippen molar-refractivity contribution >= 4 is 56.1 Å². The molecule has 0 aliphatic carbocycles. The van der Waals surface area contributed by atoms with Crippen molar-refractivity contribution in [3.63, 3.8) is 0 Å². The van der Waals surface area contributed by atoms with Gasteiger partial charge in [0.1, 0.15) is 11.2 Å². The van der Waals surface area contributed by atoms with E-state index in [1.54, 1.807) is 0 Å². The Morgan fingerprint density at radius 2 is 0.681 bits per heavy atom. The standard InChI is InChI=1S/C44H42N2O/c1-29(2)33-11-19-37(20-12-33)45(35-15-7-31(5)8-16-35)39-23-25-41-42-26-24-40(28-44(42)47-43(41)27-39)46(36-17-9-32(6)10-18-36)38-21-13-34(14-22-38)30(3)4/h7-30H,1-6H3. The molecular weight excluding hydrogens is 572 g/mol. The molecule has 3 heteroatoms. The number of benzene rings is 6. The van der Waals surface area contributed by atoms with Gasteiger partial charge in [0, 0.05) is 57.0 Å². The fraction of sp³-hybridized carbons (Fsp3) is 0.182. The normalized spacial score (nSPS) is 11.6. The summed E-state index contributed by atoms with van der Waals surface area (Å²) in [6.07, 6.45) is 0. The predicted molar refractivity (Wildman–Crippen MR) is 201 cm³/mol. The van der Waals surface area contributed by atoms with Crippen molar-refractivity contribution in [3.05, 3.63) is 156 Å². The van der Waals surface area contributed by atoms with Gasteiger partial charge >= 0.3 is 0 Å². The van der Waals surface area contributed by atoms with E-state index in [4.69, 9.17) is 4.42 Å². The third kappa shape index (κ3) is 6.02. The molecule has 0 unspecified atom stereocenters. The van der Waals surface area contributed by atoms with Crippen LogP contribution in [0.3, 0.4) is 0 Å². The second kappa shape index (κ2) is 12.5. The zero-order valence-corrected chi connectivity index (χ0v) is 28.2.